The summed E-state index contributed by atoms with van der Waals surface area (Å²) in [6, 6.07) is 34.9. The molecule has 0 aliphatic carbocycles. The van der Waals surface area contributed by atoms with E-state index in [1.54, 1.807) is 0 Å². The van der Waals surface area contributed by atoms with Gasteiger partial charge in [-0.15, -0.1) is 0 Å². The van der Waals surface area contributed by atoms with Crippen LogP contribution in [0.1, 0.15) is 0 Å². The minimum absolute atomic E-state index is 1.22. The average molecular weight is 427 g/mol. The van der Waals surface area contributed by atoms with Crippen molar-refractivity contribution in [3.05, 3.63) is 97.1 Å². The van der Waals surface area contributed by atoms with Crippen molar-refractivity contribution < 1.29 is 0 Å². The van der Waals surface area contributed by atoms with Crippen LogP contribution in [0.5, 0.6) is 0 Å². The SMILES string of the molecule is C[Si](C)(Nc1cccc2cccc(N[Si](C)(C)c3ccccc3)c12)c1ccccc1. The molecule has 0 spiro atoms. The van der Waals surface area contributed by atoms with Gasteiger partial charge in [0, 0.05) is 16.8 Å². The zero-order chi connectivity index (χ0) is 21.2. The lowest BCUT2D eigenvalue weighted by Gasteiger charge is -2.29. The van der Waals surface area contributed by atoms with Crippen molar-refractivity contribution in [3.8, 4) is 0 Å². The van der Waals surface area contributed by atoms with Gasteiger partial charge in [-0.25, -0.2) is 0 Å². The maximum Gasteiger partial charge on any atom is 0.179 e. The Labute approximate surface area is 182 Å². The van der Waals surface area contributed by atoms with Crippen molar-refractivity contribution in [2.75, 3.05) is 9.96 Å². The summed E-state index contributed by atoms with van der Waals surface area (Å²) < 4.78 is 0. The van der Waals surface area contributed by atoms with E-state index in [0.29, 0.717) is 0 Å². The molecule has 0 heterocycles. The monoisotopic (exact) mass is 426 g/mol. The molecule has 0 unspecified atom stereocenters. The average Bonchev–Trinajstić information content (AvgIpc) is 2.75. The third-order valence-corrected chi connectivity index (χ3v) is 11.1. The molecule has 4 heteroatoms. The standard InChI is InChI=1S/C26H30N2Si2/c1-29(2,22-15-7-5-8-16-22)27-24-19-11-13-21-14-12-20-25(26(21)24)28-30(3,4)23-17-9-6-10-18-23/h5-20,27-28H,1-4H3. The first-order valence-corrected chi connectivity index (χ1v) is 16.6. The quantitative estimate of drug-likeness (QED) is 0.376. The number of hydrogen-bond acceptors (Lipinski definition) is 2. The number of benzene rings is 4. The van der Waals surface area contributed by atoms with Gasteiger partial charge in [-0.05, 0) is 54.1 Å². The van der Waals surface area contributed by atoms with Crippen LogP contribution in [0.2, 0.25) is 26.2 Å². The zero-order valence-corrected chi connectivity index (χ0v) is 20.2. The van der Waals surface area contributed by atoms with Crippen molar-refractivity contribution in [2.24, 2.45) is 0 Å². The first-order valence-electron chi connectivity index (χ1n) is 10.6. The van der Waals surface area contributed by atoms with Gasteiger partial charge in [0.05, 0.1) is 0 Å². The molecule has 0 amide bonds. The second-order valence-corrected chi connectivity index (χ2v) is 17.1. The van der Waals surface area contributed by atoms with Crippen molar-refractivity contribution in [1.82, 2.24) is 0 Å². The highest BCUT2D eigenvalue weighted by Gasteiger charge is 2.27. The van der Waals surface area contributed by atoms with Gasteiger partial charge in [0.15, 0.2) is 16.5 Å². The fourth-order valence-corrected chi connectivity index (χ4v) is 8.18. The van der Waals surface area contributed by atoms with Crippen LogP contribution in [0.15, 0.2) is 97.1 Å². The van der Waals surface area contributed by atoms with Gasteiger partial charge in [-0.2, -0.15) is 0 Å². The lowest BCUT2D eigenvalue weighted by atomic mass is 10.1. The van der Waals surface area contributed by atoms with Gasteiger partial charge in [-0.1, -0.05) is 84.9 Å². The summed E-state index contributed by atoms with van der Waals surface area (Å²) in [4.78, 5) is 7.92. The lowest BCUT2D eigenvalue weighted by molar-refractivity contribution is 1.59. The molecule has 0 aliphatic heterocycles. The highest BCUT2D eigenvalue weighted by molar-refractivity contribution is 6.93. The molecular formula is C26H30N2Si2. The number of hydrogen-bond donors (Lipinski definition) is 2. The topological polar surface area (TPSA) is 24.1 Å². The van der Waals surface area contributed by atoms with Crippen molar-refractivity contribution in [1.29, 1.82) is 0 Å². The molecule has 30 heavy (non-hydrogen) atoms. The van der Waals surface area contributed by atoms with E-state index in [0.717, 1.165) is 0 Å². The summed E-state index contributed by atoms with van der Waals surface area (Å²) in [5, 5.41) is 5.37. The number of fused-ring (bicyclic) bond motifs is 1. The first kappa shape index (κ1) is 20.4. The second kappa shape index (κ2) is 8.13. The minimum Gasteiger partial charge on any atom is -0.406 e. The van der Waals surface area contributed by atoms with Crippen LogP contribution >= 0.6 is 0 Å². The Bertz CT molecular complexity index is 1050. The van der Waals surface area contributed by atoms with E-state index >= 15 is 0 Å². The molecule has 0 fully saturated rings. The van der Waals surface area contributed by atoms with Gasteiger partial charge < -0.3 is 9.96 Å². The molecule has 0 atom stereocenters. The number of anilines is 2. The van der Waals surface area contributed by atoms with Crippen LogP contribution in [0.25, 0.3) is 10.8 Å². The van der Waals surface area contributed by atoms with E-state index in [1.165, 1.54) is 32.5 Å². The van der Waals surface area contributed by atoms with Crippen LogP contribution in [0, 0.1) is 0 Å². The summed E-state index contributed by atoms with van der Waals surface area (Å²) in [6.07, 6.45) is 0. The van der Waals surface area contributed by atoms with E-state index in [-0.39, 0.29) is 0 Å². The Kier molecular flexibility index (Phi) is 5.54. The van der Waals surface area contributed by atoms with Crippen LogP contribution in [-0.2, 0) is 0 Å². The van der Waals surface area contributed by atoms with Gasteiger partial charge in [0.1, 0.15) is 0 Å². The predicted octanol–water partition coefficient (Wildman–Crippen LogP) is 5.89. The molecule has 4 rings (SSSR count). The van der Waals surface area contributed by atoms with Gasteiger partial charge >= 0.3 is 0 Å². The number of nitrogens with one attached hydrogen (secondary N) is 2. The van der Waals surface area contributed by atoms with Gasteiger partial charge in [0.25, 0.3) is 0 Å². The van der Waals surface area contributed by atoms with E-state index < -0.39 is 16.5 Å². The maximum absolute atomic E-state index is 3.96. The smallest absolute Gasteiger partial charge is 0.179 e. The molecule has 0 saturated heterocycles. The Morgan fingerprint density at radius 2 is 0.867 bits per heavy atom. The molecule has 0 aliphatic rings. The summed E-state index contributed by atoms with van der Waals surface area (Å²) in [5.74, 6) is 0. The van der Waals surface area contributed by atoms with Crippen molar-refractivity contribution in [2.45, 2.75) is 26.2 Å². The highest BCUT2D eigenvalue weighted by atomic mass is 28.3. The number of rotatable bonds is 6. The minimum atomic E-state index is -1.85. The molecule has 0 saturated carbocycles. The predicted molar refractivity (Wildman–Crippen MR) is 138 cm³/mol. The van der Waals surface area contributed by atoms with Crippen molar-refractivity contribution in [3.63, 3.8) is 0 Å². The van der Waals surface area contributed by atoms with Crippen LogP contribution in [0.4, 0.5) is 11.4 Å². The molecule has 0 bridgehead atoms. The molecule has 4 aromatic rings. The molecule has 0 radical (unpaired) electrons. The third-order valence-electron chi connectivity index (χ3n) is 5.79. The Morgan fingerprint density at radius 1 is 0.467 bits per heavy atom. The molecule has 0 aromatic heterocycles. The maximum atomic E-state index is 3.96. The Hall–Kier alpha value is -2.83. The van der Waals surface area contributed by atoms with E-state index in [1.807, 2.05) is 0 Å². The molecule has 4 aromatic carbocycles. The molecule has 152 valence electrons. The first-order chi connectivity index (χ1) is 14.4. The van der Waals surface area contributed by atoms with E-state index in [4.69, 9.17) is 0 Å². The summed E-state index contributed by atoms with van der Waals surface area (Å²) in [5.41, 5.74) is 2.43. The normalized spacial score (nSPS) is 12.0. The van der Waals surface area contributed by atoms with Crippen molar-refractivity contribution >= 4 is 49.0 Å². The van der Waals surface area contributed by atoms with Gasteiger partial charge in [0.2, 0.25) is 0 Å². The van der Waals surface area contributed by atoms with Crippen LogP contribution in [-0.4, -0.2) is 16.5 Å². The summed E-state index contributed by atoms with van der Waals surface area (Å²) in [7, 11) is -3.70. The lowest BCUT2D eigenvalue weighted by Crippen LogP contribution is -2.50. The molecular weight excluding hydrogens is 396 g/mol. The van der Waals surface area contributed by atoms with Crippen LogP contribution < -0.4 is 20.3 Å². The largest absolute Gasteiger partial charge is 0.406 e. The third kappa shape index (κ3) is 4.20. The van der Waals surface area contributed by atoms with E-state index in [2.05, 4.69) is 133 Å². The summed E-state index contributed by atoms with van der Waals surface area (Å²) in [6.45, 7) is 9.50. The Morgan fingerprint density at radius 3 is 1.27 bits per heavy atom. The molecule has 2 nitrogen and oxygen atoms in total. The molecule has 2 N–H and O–H groups in total. The summed E-state index contributed by atoms with van der Waals surface area (Å²) >= 11 is 0. The Balaban J connectivity index is 1.76. The fourth-order valence-electron chi connectivity index (χ4n) is 4.08. The van der Waals surface area contributed by atoms with Crippen LogP contribution in [0.3, 0.4) is 0 Å². The van der Waals surface area contributed by atoms with Gasteiger partial charge in [-0.3, -0.25) is 0 Å². The fraction of sp³-hybridized carbons (Fsp3) is 0.154. The zero-order valence-electron chi connectivity index (χ0n) is 18.2. The highest BCUT2D eigenvalue weighted by Crippen LogP contribution is 2.33. The second-order valence-electron chi connectivity index (χ2n) is 8.94. The van der Waals surface area contributed by atoms with E-state index in [9.17, 15) is 0 Å².